The van der Waals surface area contributed by atoms with Gasteiger partial charge >= 0.3 is 11.4 Å². The molecule has 0 radical (unpaired) electrons. The highest BCUT2D eigenvalue weighted by atomic mass is 35.5. The second-order valence-corrected chi connectivity index (χ2v) is 5.14. The third kappa shape index (κ3) is 3.99. The van der Waals surface area contributed by atoms with E-state index >= 15 is 0 Å². The number of nitro benzene ring substituents is 3. The van der Waals surface area contributed by atoms with Crippen LogP contribution in [0, 0.1) is 30.3 Å². The lowest BCUT2D eigenvalue weighted by Gasteiger charge is -2.03. The molecular weight excluding hydrogens is 374 g/mol. The maximum absolute atomic E-state index is 11.0. The van der Waals surface area contributed by atoms with Gasteiger partial charge < -0.3 is 5.11 Å². The van der Waals surface area contributed by atoms with E-state index in [2.05, 4.69) is 10.5 Å². The normalized spacial score (nSPS) is 10.7. The second kappa shape index (κ2) is 7.40. The summed E-state index contributed by atoms with van der Waals surface area (Å²) in [5.41, 5.74) is 0.301. The number of anilines is 1. The summed E-state index contributed by atoms with van der Waals surface area (Å²) in [7, 11) is 0. The largest absolute Gasteiger partial charge is 0.502 e. The first-order chi connectivity index (χ1) is 12.2. The average molecular weight is 382 g/mol. The number of phenols is 1. The van der Waals surface area contributed by atoms with Gasteiger partial charge in [-0.1, -0.05) is 11.6 Å². The van der Waals surface area contributed by atoms with Crippen LogP contribution in [0.1, 0.15) is 5.56 Å². The lowest BCUT2D eigenvalue weighted by Crippen LogP contribution is -1.99. The number of halogens is 1. The third-order valence-electron chi connectivity index (χ3n) is 3.06. The number of nitrogens with one attached hydrogen (secondary N) is 1. The maximum Gasteiger partial charge on any atom is 0.312 e. The molecule has 0 amide bonds. The monoisotopic (exact) mass is 381 g/mol. The van der Waals surface area contributed by atoms with E-state index in [0.29, 0.717) is 0 Å². The molecule has 12 nitrogen and oxygen atoms in total. The summed E-state index contributed by atoms with van der Waals surface area (Å²) in [6.07, 6.45) is 0.958. The number of phenolic OH excluding ortho intramolecular Hbond substituents is 1. The first-order valence-electron chi connectivity index (χ1n) is 6.59. The minimum atomic E-state index is -0.841. The SMILES string of the molecule is O=[N+]([O-])c1ccc(N/N=C/c2cc(Cl)cc([N+](=O)[O-])c2O)c([N+](=O)[O-])c1. The van der Waals surface area contributed by atoms with E-state index in [1.807, 2.05) is 0 Å². The molecule has 26 heavy (non-hydrogen) atoms. The fourth-order valence-corrected chi connectivity index (χ4v) is 2.11. The zero-order valence-corrected chi connectivity index (χ0v) is 13.3. The molecule has 2 rings (SSSR count). The van der Waals surface area contributed by atoms with Crippen LogP contribution in [-0.4, -0.2) is 26.1 Å². The highest BCUT2D eigenvalue weighted by molar-refractivity contribution is 6.31. The lowest BCUT2D eigenvalue weighted by molar-refractivity contribution is -0.393. The topological polar surface area (TPSA) is 174 Å². The molecule has 0 aromatic heterocycles. The van der Waals surface area contributed by atoms with Gasteiger partial charge in [-0.15, -0.1) is 0 Å². The molecule has 0 aliphatic carbocycles. The fourth-order valence-electron chi connectivity index (χ4n) is 1.89. The van der Waals surface area contributed by atoms with Crippen molar-refractivity contribution in [1.29, 1.82) is 0 Å². The minimum Gasteiger partial charge on any atom is -0.502 e. The van der Waals surface area contributed by atoms with Gasteiger partial charge in [0.25, 0.3) is 5.69 Å². The van der Waals surface area contributed by atoms with E-state index in [1.54, 1.807) is 0 Å². The molecular formula is C13H8ClN5O7. The molecule has 0 atom stereocenters. The summed E-state index contributed by atoms with van der Waals surface area (Å²) in [4.78, 5) is 30.0. The number of non-ortho nitro benzene ring substituents is 1. The molecule has 13 heteroatoms. The van der Waals surface area contributed by atoms with Gasteiger partial charge in [-0.2, -0.15) is 5.10 Å². The van der Waals surface area contributed by atoms with E-state index in [1.165, 1.54) is 6.07 Å². The first kappa shape index (κ1) is 18.5. The van der Waals surface area contributed by atoms with Crippen LogP contribution in [0.25, 0.3) is 0 Å². The first-order valence-corrected chi connectivity index (χ1v) is 6.97. The van der Waals surface area contributed by atoms with Gasteiger partial charge in [0.05, 0.1) is 27.1 Å². The van der Waals surface area contributed by atoms with Crippen LogP contribution in [0.15, 0.2) is 35.4 Å². The van der Waals surface area contributed by atoms with Crippen LogP contribution in [0.2, 0.25) is 5.02 Å². The van der Waals surface area contributed by atoms with E-state index in [9.17, 15) is 35.4 Å². The van der Waals surface area contributed by atoms with Crippen molar-refractivity contribution in [2.45, 2.75) is 0 Å². The van der Waals surface area contributed by atoms with E-state index in [-0.39, 0.29) is 16.3 Å². The number of rotatable bonds is 6. The average Bonchev–Trinajstić information content (AvgIpc) is 2.57. The smallest absolute Gasteiger partial charge is 0.312 e. The van der Waals surface area contributed by atoms with E-state index in [0.717, 1.165) is 30.5 Å². The van der Waals surface area contributed by atoms with Crippen molar-refractivity contribution in [2.24, 2.45) is 5.10 Å². The van der Waals surface area contributed by atoms with Crippen molar-refractivity contribution in [3.05, 3.63) is 71.3 Å². The summed E-state index contributed by atoms with van der Waals surface area (Å²) in [6.45, 7) is 0. The number of benzene rings is 2. The number of aromatic hydroxyl groups is 1. The molecule has 0 fully saturated rings. The van der Waals surface area contributed by atoms with E-state index < -0.39 is 37.6 Å². The number of hydrogen-bond acceptors (Lipinski definition) is 9. The van der Waals surface area contributed by atoms with Gasteiger partial charge in [0.15, 0.2) is 0 Å². The Balaban J connectivity index is 2.33. The maximum atomic E-state index is 11.0. The molecule has 0 spiro atoms. The van der Waals surface area contributed by atoms with Crippen molar-refractivity contribution in [3.63, 3.8) is 0 Å². The van der Waals surface area contributed by atoms with Crippen molar-refractivity contribution >= 4 is 40.6 Å². The zero-order valence-electron chi connectivity index (χ0n) is 12.5. The van der Waals surface area contributed by atoms with Crippen molar-refractivity contribution in [3.8, 4) is 5.75 Å². The molecule has 0 unspecified atom stereocenters. The zero-order chi connectivity index (χ0) is 19.4. The number of nitro groups is 3. The number of hydrazone groups is 1. The van der Waals surface area contributed by atoms with Crippen LogP contribution in [0.3, 0.4) is 0 Å². The minimum absolute atomic E-state index is 0.0303. The lowest BCUT2D eigenvalue weighted by atomic mass is 10.2. The van der Waals surface area contributed by atoms with Gasteiger partial charge in [-0.25, -0.2) is 0 Å². The van der Waals surface area contributed by atoms with Gasteiger partial charge in [0.1, 0.15) is 5.69 Å². The highest BCUT2D eigenvalue weighted by Gasteiger charge is 2.20. The summed E-state index contributed by atoms with van der Waals surface area (Å²) in [5.74, 6) is -0.692. The second-order valence-electron chi connectivity index (χ2n) is 4.71. The Morgan fingerprint density at radius 1 is 1.00 bits per heavy atom. The van der Waals surface area contributed by atoms with Gasteiger partial charge in [0.2, 0.25) is 5.75 Å². The van der Waals surface area contributed by atoms with Crippen molar-refractivity contribution < 1.29 is 19.9 Å². The molecule has 2 N–H and O–H groups in total. The van der Waals surface area contributed by atoms with Crippen LogP contribution in [-0.2, 0) is 0 Å². The van der Waals surface area contributed by atoms with Crippen molar-refractivity contribution in [1.82, 2.24) is 0 Å². The Morgan fingerprint density at radius 3 is 2.23 bits per heavy atom. The van der Waals surface area contributed by atoms with E-state index in [4.69, 9.17) is 11.6 Å². The Labute approximate surface area is 148 Å². The van der Waals surface area contributed by atoms with Crippen LogP contribution in [0.5, 0.6) is 5.75 Å². The Bertz CT molecular complexity index is 947. The molecule has 2 aromatic carbocycles. The molecule has 134 valence electrons. The predicted molar refractivity (Wildman–Crippen MR) is 90.7 cm³/mol. The van der Waals surface area contributed by atoms with Crippen LogP contribution < -0.4 is 5.43 Å². The molecule has 0 aliphatic rings. The van der Waals surface area contributed by atoms with Gasteiger partial charge in [0, 0.05) is 22.7 Å². The van der Waals surface area contributed by atoms with Crippen LogP contribution >= 0.6 is 11.6 Å². The molecule has 0 bridgehead atoms. The molecule has 2 aromatic rings. The number of hydrogen-bond donors (Lipinski definition) is 2. The van der Waals surface area contributed by atoms with Crippen molar-refractivity contribution in [2.75, 3.05) is 5.43 Å². The Hall–Kier alpha value is -3.80. The molecule has 0 aliphatic heterocycles. The van der Waals surface area contributed by atoms with Gasteiger partial charge in [-0.05, 0) is 12.1 Å². The highest BCUT2D eigenvalue weighted by Crippen LogP contribution is 2.32. The summed E-state index contributed by atoms with van der Waals surface area (Å²) in [5, 5.41) is 45.9. The fraction of sp³-hybridized carbons (Fsp3) is 0. The Morgan fingerprint density at radius 2 is 1.65 bits per heavy atom. The summed E-state index contributed by atoms with van der Waals surface area (Å²) in [6, 6.07) is 5.00. The number of nitrogens with zero attached hydrogens (tertiary/aromatic N) is 4. The van der Waals surface area contributed by atoms with Gasteiger partial charge in [-0.3, -0.25) is 35.8 Å². The Kier molecular flexibility index (Phi) is 5.27. The molecule has 0 saturated heterocycles. The summed E-state index contributed by atoms with van der Waals surface area (Å²) < 4.78 is 0. The van der Waals surface area contributed by atoms with Crippen LogP contribution in [0.4, 0.5) is 22.7 Å². The molecule has 0 saturated carbocycles. The molecule has 0 heterocycles. The third-order valence-corrected chi connectivity index (χ3v) is 3.28. The summed E-state index contributed by atoms with van der Waals surface area (Å²) >= 11 is 5.73. The quantitative estimate of drug-likeness (QED) is 0.435. The predicted octanol–water partition coefficient (Wildman–Crippen LogP) is 3.22. The standard InChI is InChI=1S/C13H8ClN5O7/c14-8-3-7(13(20)12(4-8)19(25)26)6-15-16-10-2-1-9(17(21)22)5-11(10)18(23)24/h1-6,16,20H/b15-6+.